The summed E-state index contributed by atoms with van der Waals surface area (Å²) in [7, 11) is 0. The van der Waals surface area contributed by atoms with Crippen molar-refractivity contribution in [3.05, 3.63) is 34.2 Å². The van der Waals surface area contributed by atoms with Crippen molar-refractivity contribution in [1.82, 2.24) is 9.97 Å². The third kappa shape index (κ3) is 1.73. The van der Waals surface area contributed by atoms with Crippen molar-refractivity contribution in [2.45, 2.75) is 0 Å². The Labute approximate surface area is 94.5 Å². The normalized spacial score (nSPS) is 10.5. The Morgan fingerprint density at radius 1 is 1.27 bits per heavy atom. The molecule has 2 rings (SSSR count). The fraction of sp³-hybridized carbons (Fsp3) is 0. The summed E-state index contributed by atoms with van der Waals surface area (Å²) in [6.45, 7) is 0. The second-order valence-electron chi connectivity index (χ2n) is 2.78. The first-order valence-electron chi connectivity index (χ1n) is 3.94. The van der Waals surface area contributed by atoms with E-state index in [1.807, 2.05) is 0 Å². The molecule has 0 atom stereocenters. The van der Waals surface area contributed by atoms with E-state index in [4.69, 9.17) is 28.3 Å². The second-order valence-corrected chi connectivity index (χ2v) is 3.54. The Morgan fingerprint density at radius 2 is 2.00 bits per heavy atom. The van der Waals surface area contributed by atoms with Crippen LogP contribution in [0.2, 0.25) is 10.2 Å². The SMILES string of the molecule is O=C(O)c1nc(Cl)c2cccc(Cl)c2n1. The van der Waals surface area contributed by atoms with Crippen LogP contribution in [-0.2, 0) is 0 Å². The summed E-state index contributed by atoms with van der Waals surface area (Å²) >= 11 is 11.7. The van der Waals surface area contributed by atoms with Crippen LogP contribution < -0.4 is 0 Å². The van der Waals surface area contributed by atoms with Gasteiger partial charge < -0.3 is 5.11 Å². The first kappa shape index (κ1) is 10.1. The number of para-hydroxylation sites is 1. The lowest BCUT2D eigenvalue weighted by molar-refractivity contribution is 0.0684. The Bertz CT molecular complexity index is 557. The third-order valence-electron chi connectivity index (χ3n) is 1.82. The van der Waals surface area contributed by atoms with Gasteiger partial charge in [-0.3, -0.25) is 0 Å². The first-order valence-corrected chi connectivity index (χ1v) is 4.70. The van der Waals surface area contributed by atoms with Gasteiger partial charge in [-0.2, -0.15) is 0 Å². The molecule has 0 unspecified atom stereocenters. The minimum Gasteiger partial charge on any atom is -0.475 e. The van der Waals surface area contributed by atoms with Crippen molar-refractivity contribution >= 4 is 40.1 Å². The fourth-order valence-corrected chi connectivity index (χ4v) is 1.62. The van der Waals surface area contributed by atoms with Gasteiger partial charge in [0.1, 0.15) is 5.15 Å². The average Bonchev–Trinajstić information content (AvgIpc) is 2.19. The molecule has 0 aliphatic carbocycles. The van der Waals surface area contributed by atoms with Gasteiger partial charge in [-0.25, -0.2) is 14.8 Å². The highest BCUT2D eigenvalue weighted by molar-refractivity contribution is 6.38. The predicted octanol–water partition coefficient (Wildman–Crippen LogP) is 2.63. The number of benzene rings is 1. The summed E-state index contributed by atoms with van der Waals surface area (Å²) in [5.41, 5.74) is 0.344. The molecule has 0 bridgehead atoms. The zero-order chi connectivity index (χ0) is 11.0. The van der Waals surface area contributed by atoms with Crippen LogP contribution in [0.1, 0.15) is 10.6 Å². The van der Waals surface area contributed by atoms with Gasteiger partial charge in [0.15, 0.2) is 0 Å². The second kappa shape index (κ2) is 3.64. The van der Waals surface area contributed by atoms with Crippen LogP contribution in [-0.4, -0.2) is 21.0 Å². The molecule has 6 heteroatoms. The van der Waals surface area contributed by atoms with Gasteiger partial charge in [0.2, 0.25) is 5.82 Å². The van der Waals surface area contributed by atoms with E-state index in [-0.39, 0.29) is 11.0 Å². The molecule has 0 radical (unpaired) electrons. The van der Waals surface area contributed by atoms with E-state index in [9.17, 15) is 4.79 Å². The maximum absolute atomic E-state index is 10.7. The van der Waals surface area contributed by atoms with Crippen LogP contribution >= 0.6 is 23.2 Å². The number of rotatable bonds is 1. The van der Waals surface area contributed by atoms with E-state index >= 15 is 0 Å². The molecule has 2 aromatic rings. The standard InChI is InChI=1S/C9H4Cl2N2O2/c10-5-3-1-2-4-6(5)12-8(9(14)15)13-7(4)11/h1-3H,(H,14,15). The topological polar surface area (TPSA) is 63.1 Å². The number of carboxylic acids is 1. The lowest BCUT2D eigenvalue weighted by Crippen LogP contribution is -2.04. The van der Waals surface area contributed by atoms with E-state index in [1.165, 1.54) is 0 Å². The van der Waals surface area contributed by atoms with E-state index in [1.54, 1.807) is 18.2 Å². The number of fused-ring (bicyclic) bond motifs is 1. The summed E-state index contributed by atoms with van der Waals surface area (Å²) in [4.78, 5) is 18.1. The average molecular weight is 243 g/mol. The number of hydrogen-bond donors (Lipinski definition) is 1. The van der Waals surface area contributed by atoms with Crippen LogP contribution in [0.4, 0.5) is 0 Å². The summed E-state index contributed by atoms with van der Waals surface area (Å²) in [5, 5.41) is 9.70. The maximum atomic E-state index is 10.7. The zero-order valence-electron chi connectivity index (χ0n) is 7.24. The van der Waals surface area contributed by atoms with Gasteiger partial charge in [0.05, 0.1) is 10.5 Å². The first-order chi connectivity index (χ1) is 7.09. The molecular weight excluding hydrogens is 239 g/mol. The van der Waals surface area contributed by atoms with E-state index in [2.05, 4.69) is 9.97 Å². The smallest absolute Gasteiger partial charge is 0.374 e. The molecule has 0 spiro atoms. The fourth-order valence-electron chi connectivity index (χ4n) is 1.18. The van der Waals surface area contributed by atoms with E-state index in [0.29, 0.717) is 15.9 Å². The van der Waals surface area contributed by atoms with Gasteiger partial charge in [-0.15, -0.1) is 0 Å². The molecule has 0 aliphatic rings. The summed E-state index contributed by atoms with van der Waals surface area (Å²) in [6, 6.07) is 4.98. The van der Waals surface area contributed by atoms with Gasteiger partial charge in [0.25, 0.3) is 0 Å². The van der Waals surface area contributed by atoms with Crippen LogP contribution in [0.5, 0.6) is 0 Å². The lowest BCUT2D eigenvalue weighted by Gasteiger charge is -2.02. The van der Waals surface area contributed by atoms with Gasteiger partial charge in [-0.1, -0.05) is 29.3 Å². The third-order valence-corrected chi connectivity index (χ3v) is 2.42. The van der Waals surface area contributed by atoms with Crippen molar-refractivity contribution in [1.29, 1.82) is 0 Å². The molecule has 0 fully saturated rings. The Morgan fingerprint density at radius 3 is 2.67 bits per heavy atom. The molecular formula is C9H4Cl2N2O2. The number of aromatic nitrogens is 2. The molecule has 76 valence electrons. The molecule has 1 aromatic heterocycles. The molecule has 4 nitrogen and oxygen atoms in total. The van der Waals surface area contributed by atoms with Crippen molar-refractivity contribution in [2.75, 3.05) is 0 Å². The maximum Gasteiger partial charge on any atom is 0.374 e. The van der Waals surface area contributed by atoms with E-state index < -0.39 is 5.97 Å². The lowest BCUT2D eigenvalue weighted by atomic mass is 10.2. The van der Waals surface area contributed by atoms with Gasteiger partial charge in [0, 0.05) is 5.39 Å². The molecule has 15 heavy (non-hydrogen) atoms. The monoisotopic (exact) mass is 242 g/mol. The Balaban J connectivity index is 2.85. The Hall–Kier alpha value is -1.39. The van der Waals surface area contributed by atoms with Crippen LogP contribution in [0.25, 0.3) is 10.9 Å². The largest absolute Gasteiger partial charge is 0.475 e. The van der Waals surface area contributed by atoms with Crippen LogP contribution in [0.15, 0.2) is 18.2 Å². The van der Waals surface area contributed by atoms with Crippen molar-refractivity contribution in [2.24, 2.45) is 0 Å². The van der Waals surface area contributed by atoms with E-state index in [0.717, 1.165) is 0 Å². The Kier molecular flexibility index (Phi) is 2.46. The van der Waals surface area contributed by atoms with Gasteiger partial charge >= 0.3 is 5.97 Å². The predicted molar refractivity (Wildman–Crippen MR) is 56.5 cm³/mol. The van der Waals surface area contributed by atoms with Crippen LogP contribution in [0, 0.1) is 0 Å². The van der Waals surface area contributed by atoms with Crippen molar-refractivity contribution in [3.63, 3.8) is 0 Å². The molecule has 0 saturated carbocycles. The molecule has 1 aromatic carbocycles. The zero-order valence-corrected chi connectivity index (χ0v) is 8.75. The van der Waals surface area contributed by atoms with Gasteiger partial charge in [-0.05, 0) is 12.1 Å². The van der Waals surface area contributed by atoms with Crippen LogP contribution in [0.3, 0.4) is 0 Å². The number of nitrogens with zero attached hydrogens (tertiary/aromatic N) is 2. The summed E-state index contributed by atoms with van der Waals surface area (Å²) in [6.07, 6.45) is 0. The molecule has 1 N–H and O–H groups in total. The number of hydrogen-bond acceptors (Lipinski definition) is 3. The summed E-state index contributed by atoms with van der Waals surface area (Å²) in [5.74, 6) is -1.60. The number of aromatic carboxylic acids is 1. The number of carboxylic acid groups (broad SMARTS) is 1. The minimum atomic E-state index is -1.24. The molecule has 0 aliphatic heterocycles. The van der Waals surface area contributed by atoms with Crippen molar-refractivity contribution in [3.8, 4) is 0 Å². The number of halogens is 2. The minimum absolute atomic E-state index is 0.0832. The molecule has 0 amide bonds. The molecule has 0 saturated heterocycles. The molecule has 1 heterocycles. The quantitative estimate of drug-likeness (QED) is 0.782. The van der Waals surface area contributed by atoms with Crippen molar-refractivity contribution < 1.29 is 9.90 Å². The highest BCUT2D eigenvalue weighted by Gasteiger charge is 2.12. The number of carbonyl (C=O) groups is 1. The summed E-state index contributed by atoms with van der Waals surface area (Å²) < 4.78 is 0. The highest BCUT2D eigenvalue weighted by atomic mass is 35.5. The highest BCUT2D eigenvalue weighted by Crippen LogP contribution is 2.26.